The second-order valence-electron chi connectivity index (χ2n) is 9.39. The maximum absolute atomic E-state index is 12.9. The molecule has 2 aromatic carbocycles. The zero-order valence-electron chi connectivity index (χ0n) is 19.9. The Hall–Kier alpha value is -2.46. The molecule has 0 aliphatic carbocycles. The van der Waals surface area contributed by atoms with Gasteiger partial charge in [0, 0.05) is 30.1 Å². The van der Waals surface area contributed by atoms with Gasteiger partial charge in [0.15, 0.2) is 11.9 Å². The lowest BCUT2D eigenvalue weighted by Gasteiger charge is -2.28. The van der Waals surface area contributed by atoms with Crippen LogP contribution in [0, 0.1) is 6.92 Å². The molecule has 4 rings (SSSR count). The molecular formula is C26H29F3N2O3S. The van der Waals surface area contributed by atoms with E-state index in [1.54, 1.807) is 13.8 Å². The van der Waals surface area contributed by atoms with Crippen molar-refractivity contribution in [1.29, 1.82) is 0 Å². The number of halogens is 3. The van der Waals surface area contributed by atoms with Crippen LogP contribution in [-0.4, -0.2) is 45.1 Å². The zero-order chi connectivity index (χ0) is 25.4. The molecule has 2 heterocycles. The van der Waals surface area contributed by atoms with Gasteiger partial charge in [-0.3, -0.25) is 4.90 Å². The molecule has 9 heteroatoms. The van der Waals surface area contributed by atoms with E-state index >= 15 is 0 Å². The molecule has 3 aromatic rings. The SMILES string of the molecule is Cc1nc(-c2ccc(C(F)(F)F)cc2)sc1CN1CCc2ccc(OC(C)(C)C(O)O)cc2CC1. The fraction of sp³-hybridized carbons (Fsp3) is 0.423. The predicted molar refractivity (Wildman–Crippen MR) is 129 cm³/mol. The van der Waals surface area contributed by atoms with Crippen LogP contribution in [0.2, 0.25) is 0 Å². The molecule has 0 unspecified atom stereocenters. The number of nitrogens with zero attached hydrogens (tertiary/aromatic N) is 2. The van der Waals surface area contributed by atoms with Crippen LogP contribution < -0.4 is 4.74 Å². The Morgan fingerprint density at radius 3 is 2.31 bits per heavy atom. The molecule has 2 N–H and O–H groups in total. The number of thiazole rings is 1. The monoisotopic (exact) mass is 506 g/mol. The summed E-state index contributed by atoms with van der Waals surface area (Å²) >= 11 is 1.52. The van der Waals surface area contributed by atoms with Gasteiger partial charge >= 0.3 is 6.18 Å². The maximum Gasteiger partial charge on any atom is 0.416 e. The highest BCUT2D eigenvalue weighted by Gasteiger charge is 2.30. The number of aromatic nitrogens is 1. The van der Waals surface area contributed by atoms with Gasteiger partial charge in [-0.25, -0.2) is 4.98 Å². The van der Waals surface area contributed by atoms with Crippen molar-refractivity contribution in [3.8, 4) is 16.3 Å². The predicted octanol–water partition coefficient (Wildman–Crippen LogP) is 5.21. The first kappa shape index (κ1) is 25.6. The van der Waals surface area contributed by atoms with Gasteiger partial charge in [0.05, 0.1) is 11.3 Å². The minimum Gasteiger partial charge on any atom is -0.483 e. The number of aryl methyl sites for hydroxylation is 1. The maximum atomic E-state index is 12.9. The van der Waals surface area contributed by atoms with E-state index in [4.69, 9.17) is 4.74 Å². The number of hydrogen-bond donors (Lipinski definition) is 2. The van der Waals surface area contributed by atoms with Crippen molar-refractivity contribution >= 4 is 11.3 Å². The first-order valence-corrected chi connectivity index (χ1v) is 12.3. The summed E-state index contributed by atoms with van der Waals surface area (Å²) in [5.74, 6) is 0.606. The highest BCUT2D eigenvalue weighted by atomic mass is 32.1. The fourth-order valence-corrected chi connectivity index (χ4v) is 5.14. The molecule has 188 valence electrons. The first-order chi connectivity index (χ1) is 16.4. The molecule has 0 fully saturated rings. The zero-order valence-corrected chi connectivity index (χ0v) is 20.7. The summed E-state index contributed by atoms with van der Waals surface area (Å²) < 4.78 is 44.4. The van der Waals surface area contributed by atoms with Crippen LogP contribution in [0.5, 0.6) is 5.75 Å². The average molecular weight is 507 g/mol. The molecule has 0 saturated heterocycles. The topological polar surface area (TPSA) is 65.8 Å². The Balaban J connectivity index is 1.43. The Morgan fingerprint density at radius 1 is 1.03 bits per heavy atom. The highest BCUT2D eigenvalue weighted by Crippen LogP contribution is 2.34. The second kappa shape index (κ2) is 9.89. The van der Waals surface area contributed by atoms with Crippen LogP contribution in [0.25, 0.3) is 10.6 Å². The number of aliphatic hydroxyl groups excluding tert-OH is 1. The summed E-state index contributed by atoms with van der Waals surface area (Å²) in [6.45, 7) is 7.64. The van der Waals surface area contributed by atoms with Gasteiger partial charge in [-0.15, -0.1) is 11.3 Å². The number of fused-ring (bicyclic) bond motifs is 1. The minimum atomic E-state index is -4.35. The normalized spacial score (nSPS) is 15.2. The van der Waals surface area contributed by atoms with E-state index in [0.717, 1.165) is 60.2 Å². The van der Waals surface area contributed by atoms with Crippen molar-refractivity contribution < 1.29 is 28.1 Å². The molecule has 0 bridgehead atoms. The largest absolute Gasteiger partial charge is 0.483 e. The van der Waals surface area contributed by atoms with Gasteiger partial charge in [-0.05, 0) is 69.0 Å². The number of ether oxygens (including phenoxy) is 1. The summed E-state index contributed by atoms with van der Waals surface area (Å²) in [4.78, 5) is 8.08. The van der Waals surface area contributed by atoms with Crippen LogP contribution in [-0.2, 0) is 25.6 Å². The van der Waals surface area contributed by atoms with Gasteiger partial charge in [0.1, 0.15) is 10.8 Å². The van der Waals surface area contributed by atoms with Crippen molar-refractivity contribution in [2.75, 3.05) is 13.1 Å². The second-order valence-corrected chi connectivity index (χ2v) is 10.5. The number of rotatable bonds is 6. The van der Waals surface area contributed by atoms with Crippen LogP contribution >= 0.6 is 11.3 Å². The van der Waals surface area contributed by atoms with E-state index in [-0.39, 0.29) is 0 Å². The van der Waals surface area contributed by atoms with Crippen molar-refractivity contribution in [2.24, 2.45) is 0 Å². The summed E-state index contributed by atoms with van der Waals surface area (Å²) in [6.07, 6.45) is -4.23. The molecule has 0 atom stereocenters. The fourth-order valence-electron chi connectivity index (χ4n) is 4.03. The van der Waals surface area contributed by atoms with Gasteiger partial charge in [-0.1, -0.05) is 18.2 Å². The Morgan fingerprint density at radius 2 is 1.69 bits per heavy atom. The standard InChI is InChI=1S/C26H29F3N2O3S/c1-16-22(35-23(30-16)18-4-7-20(8-5-18)26(27,28)29)15-31-12-10-17-6-9-21(14-19(17)11-13-31)34-25(2,3)24(32)33/h4-9,14,24,32-33H,10-13,15H2,1-3H3. The van der Waals surface area contributed by atoms with E-state index in [1.807, 2.05) is 25.1 Å². The quantitative estimate of drug-likeness (QED) is 0.450. The van der Waals surface area contributed by atoms with E-state index in [2.05, 4.69) is 9.88 Å². The number of alkyl halides is 3. The van der Waals surface area contributed by atoms with Crippen LogP contribution in [0.3, 0.4) is 0 Å². The highest BCUT2D eigenvalue weighted by molar-refractivity contribution is 7.15. The summed E-state index contributed by atoms with van der Waals surface area (Å²) in [6, 6.07) is 11.0. The van der Waals surface area contributed by atoms with Crippen LogP contribution in [0.15, 0.2) is 42.5 Å². The van der Waals surface area contributed by atoms with Gasteiger partial charge in [-0.2, -0.15) is 13.2 Å². The lowest BCUT2D eigenvalue weighted by Crippen LogP contribution is -2.41. The lowest BCUT2D eigenvalue weighted by molar-refractivity contribution is -0.154. The van der Waals surface area contributed by atoms with Crippen molar-refractivity contribution in [3.05, 3.63) is 69.7 Å². The lowest BCUT2D eigenvalue weighted by atomic mass is 10.0. The third-order valence-electron chi connectivity index (χ3n) is 6.29. The molecule has 0 saturated carbocycles. The van der Waals surface area contributed by atoms with Crippen molar-refractivity contribution in [2.45, 2.75) is 58.2 Å². The molecule has 35 heavy (non-hydrogen) atoms. The van der Waals surface area contributed by atoms with Crippen molar-refractivity contribution in [1.82, 2.24) is 9.88 Å². The third kappa shape index (κ3) is 6.03. The summed E-state index contributed by atoms with van der Waals surface area (Å²) in [5, 5.41) is 19.8. The molecule has 0 spiro atoms. The molecular weight excluding hydrogens is 477 g/mol. The smallest absolute Gasteiger partial charge is 0.416 e. The van der Waals surface area contributed by atoms with E-state index in [9.17, 15) is 23.4 Å². The Labute approximate surface area is 206 Å². The molecule has 0 amide bonds. The summed E-state index contributed by atoms with van der Waals surface area (Å²) in [5.41, 5.74) is 2.23. The first-order valence-electron chi connectivity index (χ1n) is 11.5. The van der Waals surface area contributed by atoms with Crippen LogP contribution in [0.1, 0.15) is 41.1 Å². The Kier molecular flexibility index (Phi) is 7.24. The van der Waals surface area contributed by atoms with Crippen molar-refractivity contribution in [3.63, 3.8) is 0 Å². The van der Waals surface area contributed by atoms with E-state index in [1.165, 1.54) is 34.6 Å². The number of aliphatic hydroxyl groups is 2. The molecule has 5 nitrogen and oxygen atoms in total. The Bertz CT molecular complexity index is 1170. The van der Waals surface area contributed by atoms with Gasteiger partial charge in [0.2, 0.25) is 0 Å². The molecule has 1 aliphatic rings. The van der Waals surface area contributed by atoms with E-state index < -0.39 is 23.6 Å². The number of hydrogen-bond acceptors (Lipinski definition) is 6. The van der Waals surface area contributed by atoms with Gasteiger partial charge < -0.3 is 14.9 Å². The third-order valence-corrected chi connectivity index (χ3v) is 7.49. The van der Waals surface area contributed by atoms with Crippen LogP contribution in [0.4, 0.5) is 13.2 Å². The average Bonchev–Trinajstić information content (AvgIpc) is 3.03. The minimum absolute atomic E-state index is 0.606. The molecule has 0 radical (unpaired) electrons. The van der Waals surface area contributed by atoms with Gasteiger partial charge in [0.25, 0.3) is 0 Å². The summed E-state index contributed by atoms with van der Waals surface area (Å²) in [7, 11) is 0. The molecule has 1 aliphatic heterocycles. The molecule has 1 aromatic heterocycles. The number of benzene rings is 2. The van der Waals surface area contributed by atoms with E-state index in [0.29, 0.717) is 11.3 Å².